The molecule has 0 radical (unpaired) electrons. The molecule has 0 aliphatic heterocycles. The van der Waals surface area contributed by atoms with Crippen LogP contribution in [0.15, 0.2) is 54.6 Å². The third-order valence-corrected chi connectivity index (χ3v) is 3.40. The molecule has 0 aliphatic carbocycles. The fourth-order valence-electron chi connectivity index (χ4n) is 2.23. The second kappa shape index (κ2) is 7.48. The Morgan fingerprint density at radius 2 is 1.71 bits per heavy atom. The molecule has 0 spiro atoms. The summed E-state index contributed by atoms with van der Waals surface area (Å²) < 4.78 is 0. The van der Waals surface area contributed by atoms with E-state index in [2.05, 4.69) is 29.7 Å². The molecule has 2 N–H and O–H groups in total. The van der Waals surface area contributed by atoms with Crippen LogP contribution >= 0.6 is 0 Å². The van der Waals surface area contributed by atoms with Crippen molar-refractivity contribution in [3.05, 3.63) is 65.7 Å². The van der Waals surface area contributed by atoms with Gasteiger partial charge in [-0.1, -0.05) is 55.8 Å². The summed E-state index contributed by atoms with van der Waals surface area (Å²) >= 11 is 0. The average molecular weight is 282 g/mol. The molecule has 2 aromatic rings. The first-order valence-corrected chi connectivity index (χ1v) is 7.40. The molecule has 21 heavy (non-hydrogen) atoms. The smallest absolute Gasteiger partial charge is 0.319 e. The zero-order valence-electron chi connectivity index (χ0n) is 12.6. The van der Waals surface area contributed by atoms with Crippen molar-refractivity contribution in [1.29, 1.82) is 0 Å². The fraction of sp³-hybridized carbons (Fsp3) is 0.278. The molecule has 0 aromatic heterocycles. The van der Waals surface area contributed by atoms with Crippen molar-refractivity contribution < 1.29 is 4.79 Å². The Bertz CT molecular complexity index is 564. The normalized spacial score (nSPS) is 11.7. The molecular formula is C18H22N2O. The third-order valence-electron chi connectivity index (χ3n) is 3.40. The minimum absolute atomic E-state index is 0.0226. The minimum atomic E-state index is -0.186. The molecule has 0 saturated carbocycles. The van der Waals surface area contributed by atoms with Gasteiger partial charge in [0.25, 0.3) is 0 Å². The zero-order chi connectivity index (χ0) is 15.1. The van der Waals surface area contributed by atoms with Crippen LogP contribution in [-0.2, 0) is 6.42 Å². The van der Waals surface area contributed by atoms with E-state index < -0.39 is 0 Å². The Kier molecular flexibility index (Phi) is 5.38. The van der Waals surface area contributed by atoms with Crippen LogP contribution in [-0.4, -0.2) is 6.03 Å². The Balaban J connectivity index is 1.89. The maximum atomic E-state index is 12.0. The van der Waals surface area contributed by atoms with Gasteiger partial charge in [0.05, 0.1) is 6.04 Å². The second-order valence-electron chi connectivity index (χ2n) is 5.18. The first kappa shape index (κ1) is 15.1. The van der Waals surface area contributed by atoms with Crippen LogP contribution in [0.4, 0.5) is 10.5 Å². The number of hydrogen-bond donors (Lipinski definition) is 2. The van der Waals surface area contributed by atoms with Gasteiger partial charge in [0, 0.05) is 5.69 Å². The summed E-state index contributed by atoms with van der Waals surface area (Å²) in [5.41, 5.74) is 3.19. The van der Waals surface area contributed by atoms with E-state index in [0.717, 1.165) is 24.1 Å². The minimum Gasteiger partial charge on any atom is -0.331 e. The summed E-state index contributed by atoms with van der Waals surface area (Å²) in [7, 11) is 0. The highest BCUT2D eigenvalue weighted by Crippen LogP contribution is 2.13. The van der Waals surface area contributed by atoms with Crippen LogP contribution in [0.2, 0.25) is 0 Å². The standard InChI is InChI=1S/C18H22N2O/c1-3-7-15-10-12-17(13-11-15)20-18(21)19-14(2)16-8-5-4-6-9-16/h4-6,8-14H,3,7H2,1-2H3,(H2,19,20,21). The number of amides is 2. The van der Waals surface area contributed by atoms with Crippen molar-refractivity contribution >= 4 is 11.7 Å². The predicted octanol–water partition coefficient (Wildman–Crippen LogP) is 4.52. The van der Waals surface area contributed by atoms with Gasteiger partial charge in [-0.05, 0) is 36.6 Å². The fourth-order valence-corrected chi connectivity index (χ4v) is 2.23. The van der Waals surface area contributed by atoms with Crippen molar-refractivity contribution in [3.8, 4) is 0 Å². The molecule has 2 aromatic carbocycles. The molecule has 1 unspecified atom stereocenters. The molecule has 0 heterocycles. The molecule has 110 valence electrons. The summed E-state index contributed by atoms with van der Waals surface area (Å²) in [5, 5.41) is 5.80. The number of hydrogen-bond acceptors (Lipinski definition) is 1. The molecule has 3 nitrogen and oxygen atoms in total. The summed E-state index contributed by atoms with van der Waals surface area (Å²) in [6, 6.07) is 17.7. The summed E-state index contributed by atoms with van der Waals surface area (Å²) in [6.45, 7) is 4.13. The molecule has 2 rings (SSSR count). The SMILES string of the molecule is CCCc1ccc(NC(=O)NC(C)c2ccccc2)cc1. The highest BCUT2D eigenvalue weighted by atomic mass is 16.2. The quantitative estimate of drug-likeness (QED) is 0.831. The van der Waals surface area contributed by atoms with Crippen LogP contribution in [0.3, 0.4) is 0 Å². The van der Waals surface area contributed by atoms with Crippen LogP contribution in [0.1, 0.15) is 37.4 Å². The van der Waals surface area contributed by atoms with E-state index >= 15 is 0 Å². The van der Waals surface area contributed by atoms with Gasteiger partial charge in [-0.2, -0.15) is 0 Å². The van der Waals surface area contributed by atoms with E-state index in [0.29, 0.717) is 0 Å². The van der Waals surface area contributed by atoms with Crippen LogP contribution in [0, 0.1) is 0 Å². The molecular weight excluding hydrogens is 260 g/mol. The number of aryl methyl sites for hydroxylation is 1. The van der Waals surface area contributed by atoms with Gasteiger partial charge in [-0.25, -0.2) is 4.79 Å². The Labute approximate surface area is 126 Å². The number of anilines is 1. The van der Waals surface area contributed by atoms with E-state index in [4.69, 9.17) is 0 Å². The van der Waals surface area contributed by atoms with Crippen LogP contribution in [0.25, 0.3) is 0 Å². The van der Waals surface area contributed by atoms with Crippen molar-refractivity contribution in [2.75, 3.05) is 5.32 Å². The predicted molar refractivity (Wildman–Crippen MR) is 87.4 cm³/mol. The van der Waals surface area contributed by atoms with Gasteiger partial charge in [0.2, 0.25) is 0 Å². The number of urea groups is 1. The Hall–Kier alpha value is -2.29. The van der Waals surface area contributed by atoms with Gasteiger partial charge in [-0.15, -0.1) is 0 Å². The largest absolute Gasteiger partial charge is 0.331 e. The Morgan fingerprint density at radius 3 is 2.33 bits per heavy atom. The van der Waals surface area contributed by atoms with Crippen molar-refractivity contribution in [1.82, 2.24) is 5.32 Å². The first-order valence-electron chi connectivity index (χ1n) is 7.40. The number of benzene rings is 2. The van der Waals surface area contributed by atoms with Gasteiger partial charge in [0.15, 0.2) is 0 Å². The van der Waals surface area contributed by atoms with E-state index in [9.17, 15) is 4.79 Å². The lowest BCUT2D eigenvalue weighted by Gasteiger charge is -2.15. The third kappa shape index (κ3) is 4.63. The Morgan fingerprint density at radius 1 is 1.05 bits per heavy atom. The molecule has 0 saturated heterocycles. The first-order chi connectivity index (χ1) is 10.2. The zero-order valence-corrected chi connectivity index (χ0v) is 12.6. The lowest BCUT2D eigenvalue weighted by Crippen LogP contribution is -2.31. The van der Waals surface area contributed by atoms with Gasteiger partial charge < -0.3 is 10.6 Å². The molecule has 0 bridgehead atoms. The van der Waals surface area contributed by atoms with Gasteiger partial charge in [-0.3, -0.25) is 0 Å². The lowest BCUT2D eigenvalue weighted by molar-refractivity contribution is 0.249. The number of carbonyl (C=O) groups excluding carboxylic acids is 1. The summed E-state index contributed by atoms with van der Waals surface area (Å²) in [6.07, 6.45) is 2.19. The maximum Gasteiger partial charge on any atom is 0.319 e. The van der Waals surface area contributed by atoms with E-state index in [1.54, 1.807) is 0 Å². The highest BCUT2D eigenvalue weighted by Gasteiger charge is 2.08. The number of carbonyl (C=O) groups is 1. The van der Waals surface area contributed by atoms with E-state index in [1.165, 1.54) is 5.56 Å². The van der Waals surface area contributed by atoms with E-state index in [1.807, 2.05) is 49.4 Å². The lowest BCUT2D eigenvalue weighted by atomic mass is 10.1. The number of rotatable bonds is 5. The van der Waals surface area contributed by atoms with Crippen molar-refractivity contribution in [3.63, 3.8) is 0 Å². The van der Waals surface area contributed by atoms with Crippen molar-refractivity contribution in [2.24, 2.45) is 0 Å². The molecule has 0 fully saturated rings. The topological polar surface area (TPSA) is 41.1 Å². The number of nitrogens with one attached hydrogen (secondary N) is 2. The van der Waals surface area contributed by atoms with Crippen LogP contribution < -0.4 is 10.6 Å². The monoisotopic (exact) mass is 282 g/mol. The van der Waals surface area contributed by atoms with Crippen molar-refractivity contribution in [2.45, 2.75) is 32.7 Å². The summed E-state index contributed by atoms with van der Waals surface area (Å²) in [4.78, 5) is 12.0. The van der Waals surface area contributed by atoms with Crippen LogP contribution in [0.5, 0.6) is 0 Å². The molecule has 3 heteroatoms. The summed E-state index contributed by atoms with van der Waals surface area (Å²) in [5.74, 6) is 0. The maximum absolute atomic E-state index is 12.0. The average Bonchev–Trinajstić information content (AvgIpc) is 2.50. The van der Waals surface area contributed by atoms with Gasteiger partial charge >= 0.3 is 6.03 Å². The second-order valence-corrected chi connectivity index (χ2v) is 5.18. The van der Waals surface area contributed by atoms with Gasteiger partial charge in [0.1, 0.15) is 0 Å². The molecule has 0 aliphatic rings. The molecule has 1 atom stereocenters. The molecule has 2 amide bonds. The van der Waals surface area contributed by atoms with E-state index in [-0.39, 0.29) is 12.1 Å². The highest BCUT2D eigenvalue weighted by molar-refractivity contribution is 5.89.